The van der Waals surface area contributed by atoms with Crippen LogP contribution < -0.4 is 27.0 Å². The molecule has 0 aliphatic carbocycles. The van der Waals surface area contributed by atoms with E-state index in [9.17, 15) is 13.2 Å². The summed E-state index contributed by atoms with van der Waals surface area (Å²) in [4.78, 5) is 3.98. The fraction of sp³-hybridized carbons (Fsp3) is 0.333. The van der Waals surface area contributed by atoms with E-state index in [4.69, 9.17) is 27.8 Å². The fourth-order valence-electron chi connectivity index (χ4n) is 4.17. The minimum Gasteiger partial charge on any atom is -0.385 e. The Morgan fingerprint density at radius 1 is 1.14 bits per heavy atom. The zero-order valence-electron chi connectivity index (χ0n) is 19.0. The third-order valence-corrected chi connectivity index (χ3v) is 6.09. The van der Waals surface area contributed by atoms with Crippen molar-refractivity contribution in [3.8, 4) is 0 Å². The summed E-state index contributed by atoms with van der Waals surface area (Å²) in [6.45, 7) is 3.88. The minimum absolute atomic E-state index is 0.0244. The van der Waals surface area contributed by atoms with Gasteiger partial charge in [-0.1, -0.05) is 17.7 Å². The summed E-state index contributed by atoms with van der Waals surface area (Å²) in [5.41, 5.74) is 14.1. The van der Waals surface area contributed by atoms with Crippen molar-refractivity contribution in [3.05, 3.63) is 82.0 Å². The maximum absolute atomic E-state index is 13.6. The normalized spacial score (nSPS) is 17.4. The average molecular weight is 509 g/mol. The van der Waals surface area contributed by atoms with Crippen molar-refractivity contribution < 1.29 is 17.9 Å². The number of anilines is 2. The second kappa shape index (κ2) is 10.6. The van der Waals surface area contributed by atoms with Crippen molar-refractivity contribution in [2.75, 3.05) is 49.6 Å². The highest BCUT2D eigenvalue weighted by Crippen LogP contribution is 2.34. The highest BCUT2D eigenvalue weighted by molar-refractivity contribution is 6.30. The minimum atomic E-state index is -4.49. The molecule has 2 heterocycles. The predicted molar refractivity (Wildman–Crippen MR) is 131 cm³/mol. The second-order valence-electron chi connectivity index (χ2n) is 8.32. The molecule has 2 aliphatic heterocycles. The molecule has 7 nitrogen and oxygen atoms in total. The Hall–Kier alpha value is -3.24. The van der Waals surface area contributed by atoms with E-state index in [1.807, 2.05) is 24.3 Å². The Labute approximate surface area is 207 Å². The first kappa shape index (κ1) is 24.9. The van der Waals surface area contributed by atoms with Crippen LogP contribution in [0.2, 0.25) is 5.02 Å². The van der Waals surface area contributed by atoms with E-state index in [0.717, 1.165) is 30.5 Å². The van der Waals surface area contributed by atoms with Crippen molar-refractivity contribution in [2.45, 2.75) is 12.7 Å². The third-order valence-electron chi connectivity index (χ3n) is 5.85. The van der Waals surface area contributed by atoms with Crippen molar-refractivity contribution in [1.82, 2.24) is 10.2 Å². The van der Waals surface area contributed by atoms with E-state index in [1.54, 1.807) is 11.0 Å². The first-order valence-corrected chi connectivity index (χ1v) is 11.6. The van der Waals surface area contributed by atoms with Gasteiger partial charge in [0, 0.05) is 55.2 Å². The van der Waals surface area contributed by atoms with Crippen LogP contribution in [0.1, 0.15) is 11.1 Å². The van der Waals surface area contributed by atoms with Crippen LogP contribution in [0.15, 0.2) is 65.9 Å². The van der Waals surface area contributed by atoms with Gasteiger partial charge in [0.25, 0.3) is 0 Å². The summed E-state index contributed by atoms with van der Waals surface area (Å²) in [6.07, 6.45) is -2.87. The molecular formula is C24H28ClF3N6O. The summed E-state index contributed by atoms with van der Waals surface area (Å²) < 4.78 is 46.1. The van der Waals surface area contributed by atoms with Crippen LogP contribution in [-0.4, -0.2) is 44.3 Å². The van der Waals surface area contributed by atoms with E-state index >= 15 is 0 Å². The molecule has 0 atom stereocenters. The Balaban J connectivity index is 1.54. The number of rotatable bonds is 6. The van der Waals surface area contributed by atoms with Crippen molar-refractivity contribution >= 4 is 23.0 Å². The number of nitrogens with one attached hydrogen (secondary N) is 2. The molecule has 0 unspecified atom stereocenters. The quantitative estimate of drug-likeness (QED) is 0.473. The molecule has 2 aliphatic rings. The number of hydrogen-bond acceptors (Lipinski definition) is 7. The molecule has 4 rings (SSSR count). The van der Waals surface area contributed by atoms with Crippen molar-refractivity contribution in [2.24, 2.45) is 11.5 Å². The second-order valence-corrected chi connectivity index (χ2v) is 8.76. The molecule has 1 fully saturated rings. The lowest BCUT2D eigenvalue weighted by Crippen LogP contribution is -2.41. The highest BCUT2D eigenvalue weighted by atomic mass is 35.5. The van der Waals surface area contributed by atoms with Gasteiger partial charge in [0.1, 0.15) is 11.6 Å². The topological polar surface area (TPSA) is 91.8 Å². The maximum Gasteiger partial charge on any atom is 0.416 e. The Bertz CT molecular complexity index is 1110. The van der Waals surface area contributed by atoms with Gasteiger partial charge in [0.2, 0.25) is 0 Å². The van der Waals surface area contributed by atoms with Crippen LogP contribution in [0.3, 0.4) is 0 Å². The number of alkyl halides is 3. The van der Waals surface area contributed by atoms with Crippen LogP contribution in [0.25, 0.3) is 0 Å². The number of ether oxygens (including phenoxy) is 1. The van der Waals surface area contributed by atoms with E-state index in [2.05, 4.69) is 15.5 Å². The van der Waals surface area contributed by atoms with Gasteiger partial charge in [-0.25, -0.2) is 0 Å². The van der Waals surface area contributed by atoms with Gasteiger partial charge < -0.3 is 36.6 Å². The van der Waals surface area contributed by atoms with E-state index in [-0.39, 0.29) is 17.1 Å². The molecule has 2 aromatic rings. The number of benzene rings is 2. The van der Waals surface area contributed by atoms with Gasteiger partial charge in [-0.05, 0) is 42.0 Å². The van der Waals surface area contributed by atoms with E-state index in [0.29, 0.717) is 43.6 Å². The summed E-state index contributed by atoms with van der Waals surface area (Å²) in [6, 6.07) is 11.4. The number of halogens is 4. The van der Waals surface area contributed by atoms with Crippen molar-refractivity contribution in [3.63, 3.8) is 0 Å². The zero-order chi connectivity index (χ0) is 25.0. The fourth-order valence-corrected chi connectivity index (χ4v) is 4.36. The number of nitrogens with zero attached hydrogens (tertiary/aromatic N) is 2. The molecule has 2 aromatic carbocycles. The molecule has 0 bridgehead atoms. The average Bonchev–Trinajstić information content (AvgIpc) is 2.81. The maximum atomic E-state index is 13.6. The van der Waals surface area contributed by atoms with E-state index in [1.165, 1.54) is 12.1 Å². The van der Waals surface area contributed by atoms with Gasteiger partial charge >= 0.3 is 6.18 Å². The zero-order valence-corrected chi connectivity index (χ0v) is 19.8. The summed E-state index contributed by atoms with van der Waals surface area (Å²) in [5, 5.41) is 6.44. The predicted octanol–water partition coefficient (Wildman–Crippen LogP) is 3.64. The highest BCUT2D eigenvalue weighted by Gasteiger charge is 2.34. The Morgan fingerprint density at radius 3 is 2.66 bits per heavy atom. The molecular weight excluding hydrogens is 481 g/mol. The molecule has 11 heteroatoms. The molecule has 35 heavy (non-hydrogen) atoms. The Morgan fingerprint density at radius 2 is 1.91 bits per heavy atom. The standard InChI is InChI=1S/C24H28ClF3N6O/c25-17-4-5-20(24(26,27)28)16(12-17)15-34-7-6-31-23(30)21(34)14-22(29)32-18-2-1-3-19(13-18)33-8-10-35-11-9-33/h1-5,12-14,31-32H,6-11,15,29-30H2/b22-14+. The van der Waals surface area contributed by atoms with Crippen LogP contribution >= 0.6 is 11.6 Å². The van der Waals surface area contributed by atoms with Gasteiger partial charge in [-0.2, -0.15) is 13.2 Å². The Kier molecular flexibility index (Phi) is 7.51. The summed E-state index contributed by atoms with van der Waals surface area (Å²) in [7, 11) is 0. The van der Waals surface area contributed by atoms with Crippen LogP contribution in [0.4, 0.5) is 24.5 Å². The number of morpholine rings is 1. The van der Waals surface area contributed by atoms with Crippen LogP contribution in [-0.2, 0) is 17.5 Å². The number of allylic oxidation sites excluding steroid dienone is 1. The van der Waals surface area contributed by atoms with Gasteiger partial charge in [0.15, 0.2) is 0 Å². The lowest BCUT2D eigenvalue weighted by atomic mass is 10.1. The smallest absolute Gasteiger partial charge is 0.385 e. The first-order valence-electron chi connectivity index (χ1n) is 11.2. The van der Waals surface area contributed by atoms with Crippen LogP contribution in [0.5, 0.6) is 0 Å². The lowest BCUT2D eigenvalue weighted by molar-refractivity contribution is -0.138. The van der Waals surface area contributed by atoms with Crippen molar-refractivity contribution in [1.29, 1.82) is 0 Å². The molecule has 0 amide bonds. The first-order chi connectivity index (χ1) is 16.7. The van der Waals surface area contributed by atoms with Gasteiger partial charge in [0.05, 0.1) is 24.5 Å². The molecule has 1 saturated heterocycles. The largest absolute Gasteiger partial charge is 0.416 e. The molecule has 188 valence electrons. The molecule has 0 radical (unpaired) electrons. The lowest BCUT2D eigenvalue weighted by Gasteiger charge is -2.33. The molecule has 6 N–H and O–H groups in total. The van der Waals surface area contributed by atoms with Gasteiger partial charge in [-0.15, -0.1) is 0 Å². The van der Waals surface area contributed by atoms with Crippen LogP contribution in [0, 0.1) is 0 Å². The number of hydrogen-bond donors (Lipinski definition) is 4. The monoisotopic (exact) mass is 508 g/mol. The van der Waals surface area contributed by atoms with E-state index < -0.39 is 11.7 Å². The van der Waals surface area contributed by atoms with Gasteiger partial charge in [-0.3, -0.25) is 0 Å². The summed E-state index contributed by atoms with van der Waals surface area (Å²) >= 11 is 6.01. The number of nitrogens with two attached hydrogens (primary N) is 2. The molecule has 0 spiro atoms. The molecule has 0 saturated carbocycles. The SMILES string of the molecule is NC1=C(/C=C(\N)Nc2cccc(N3CCOCC3)c2)N(Cc2cc(Cl)ccc2C(F)(F)F)CCN1. The summed E-state index contributed by atoms with van der Waals surface area (Å²) in [5.74, 6) is 0.636. The third kappa shape index (κ3) is 6.26. The molecule has 0 aromatic heterocycles.